The summed E-state index contributed by atoms with van der Waals surface area (Å²) < 4.78 is 33.9. The molecule has 0 aromatic heterocycles. The minimum absolute atomic E-state index is 0.171. The van der Waals surface area contributed by atoms with Crippen molar-refractivity contribution in [2.24, 2.45) is 4.40 Å². The van der Waals surface area contributed by atoms with E-state index in [2.05, 4.69) is 16.6 Å². The van der Waals surface area contributed by atoms with Gasteiger partial charge in [-0.2, -0.15) is 8.42 Å². The number of anilines is 1. The van der Waals surface area contributed by atoms with Crippen molar-refractivity contribution < 1.29 is 13.2 Å². The van der Waals surface area contributed by atoms with Crippen molar-refractivity contribution in [3.05, 3.63) is 18.2 Å². The summed E-state index contributed by atoms with van der Waals surface area (Å²) in [6.07, 6.45) is 1.97. The molecule has 0 amide bonds. The number of unbranched alkanes of at least 4 members (excludes halogenated alkanes) is 1. The minimum atomic E-state index is -3.67. The lowest BCUT2D eigenvalue weighted by Crippen LogP contribution is -2.20. The standard InChI is InChI=1S/C14H20N2O3S2/c1-4-5-8-19-11-6-7-12-13(9-11)21(17,18)16-14(15-12)20-10(2)3/h6-7,9-10H,4-5,8H2,1-3H3,(H,15,16). The van der Waals surface area contributed by atoms with E-state index in [4.69, 9.17) is 4.74 Å². The van der Waals surface area contributed by atoms with Crippen LogP contribution in [0.2, 0.25) is 0 Å². The quantitative estimate of drug-likeness (QED) is 0.838. The van der Waals surface area contributed by atoms with Gasteiger partial charge in [0.05, 0.1) is 12.3 Å². The van der Waals surface area contributed by atoms with Crippen LogP contribution in [0.25, 0.3) is 0 Å². The Morgan fingerprint density at radius 1 is 1.38 bits per heavy atom. The molecule has 0 unspecified atom stereocenters. The minimum Gasteiger partial charge on any atom is -0.494 e. The Morgan fingerprint density at radius 2 is 2.14 bits per heavy atom. The van der Waals surface area contributed by atoms with Gasteiger partial charge in [-0.1, -0.05) is 39.0 Å². The number of rotatable bonds is 5. The molecule has 0 fully saturated rings. The van der Waals surface area contributed by atoms with Crippen LogP contribution in [-0.4, -0.2) is 25.4 Å². The third-order valence-electron chi connectivity index (χ3n) is 2.79. The van der Waals surface area contributed by atoms with Crippen molar-refractivity contribution in [3.63, 3.8) is 0 Å². The Labute approximate surface area is 130 Å². The van der Waals surface area contributed by atoms with Crippen molar-refractivity contribution in [2.75, 3.05) is 11.9 Å². The number of amidine groups is 1. The van der Waals surface area contributed by atoms with Crippen molar-refractivity contribution in [3.8, 4) is 5.75 Å². The molecule has 5 nitrogen and oxygen atoms in total. The predicted molar refractivity (Wildman–Crippen MR) is 87.8 cm³/mol. The lowest BCUT2D eigenvalue weighted by atomic mass is 10.3. The van der Waals surface area contributed by atoms with Crippen LogP contribution in [0.4, 0.5) is 5.69 Å². The number of fused-ring (bicyclic) bond motifs is 1. The van der Waals surface area contributed by atoms with Gasteiger partial charge in [0.25, 0.3) is 10.0 Å². The first kappa shape index (κ1) is 16.2. The molecule has 21 heavy (non-hydrogen) atoms. The molecular formula is C14H20N2O3S2. The largest absolute Gasteiger partial charge is 0.494 e. The van der Waals surface area contributed by atoms with Gasteiger partial charge in [-0.3, -0.25) is 0 Å². The number of benzene rings is 1. The molecule has 2 rings (SSSR count). The van der Waals surface area contributed by atoms with Gasteiger partial charge >= 0.3 is 0 Å². The van der Waals surface area contributed by atoms with Gasteiger partial charge in [0, 0.05) is 11.3 Å². The van der Waals surface area contributed by atoms with Crippen LogP contribution < -0.4 is 10.1 Å². The molecule has 1 heterocycles. The first-order chi connectivity index (χ1) is 9.92. The highest BCUT2D eigenvalue weighted by Crippen LogP contribution is 2.33. The molecule has 1 aliphatic rings. The molecule has 116 valence electrons. The molecule has 0 aliphatic carbocycles. The van der Waals surface area contributed by atoms with E-state index in [1.54, 1.807) is 12.1 Å². The highest BCUT2D eigenvalue weighted by atomic mass is 32.2. The van der Waals surface area contributed by atoms with E-state index in [0.29, 0.717) is 23.2 Å². The van der Waals surface area contributed by atoms with E-state index >= 15 is 0 Å². The van der Waals surface area contributed by atoms with Gasteiger partial charge in [0.15, 0.2) is 5.17 Å². The summed E-state index contributed by atoms with van der Waals surface area (Å²) in [5.41, 5.74) is 0.552. The smallest absolute Gasteiger partial charge is 0.286 e. The first-order valence-electron chi connectivity index (χ1n) is 6.98. The summed E-state index contributed by atoms with van der Waals surface area (Å²) in [5, 5.41) is 3.72. The first-order valence-corrected chi connectivity index (χ1v) is 9.30. The average molecular weight is 328 g/mol. The number of hydrogen-bond donors (Lipinski definition) is 1. The Balaban J connectivity index is 2.25. The van der Waals surface area contributed by atoms with Gasteiger partial charge in [-0.05, 0) is 18.6 Å². The Morgan fingerprint density at radius 3 is 2.81 bits per heavy atom. The van der Waals surface area contributed by atoms with E-state index in [-0.39, 0.29) is 10.1 Å². The average Bonchev–Trinajstić information content (AvgIpc) is 2.38. The number of nitrogens with zero attached hydrogens (tertiary/aromatic N) is 1. The number of sulfonamides is 1. The van der Waals surface area contributed by atoms with Crippen molar-refractivity contribution in [1.29, 1.82) is 0 Å². The molecule has 0 saturated carbocycles. The number of ether oxygens (including phenoxy) is 1. The lowest BCUT2D eigenvalue weighted by Gasteiger charge is -2.19. The van der Waals surface area contributed by atoms with Crippen molar-refractivity contribution >= 4 is 32.6 Å². The zero-order chi connectivity index (χ0) is 15.5. The molecule has 0 saturated heterocycles. The summed E-state index contributed by atoms with van der Waals surface area (Å²) in [5.74, 6) is 0.558. The Bertz CT molecular complexity index is 640. The number of hydrogen-bond acceptors (Lipinski definition) is 5. The fourth-order valence-corrected chi connectivity index (χ4v) is 3.92. The highest BCUT2D eigenvalue weighted by Gasteiger charge is 2.26. The van der Waals surface area contributed by atoms with Crippen LogP contribution >= 0.6 is 11.8 Å². The van der Waals surface area contributed by atoms with Crippen LogP contribution in [0.5, 0.6) is 5.75 Å². The topological polar surface area (TPSA) is 67.8 Å². The summed E-state index contributed by atoms with van der Waals surface area (Å²) in [6.45, 7) is 6.64. The van der Waals surface area contributed by atoms with Crippen LogP contribution in [-0.2, 0) is 10.0 Å². The molecule has 0 spiro atoms. The van der Waals surface area contributed by atoms with Crippen LogP contribution in [0, 0.1) is 0 Å². The second-order valence-electron chi connectivity index (χ2n) is 5.02. The summed E-state index contributed by atoms with van der Waals surface area (Å²) in [4.78, 5) is 0.171. The second kappa shape index (κ2) is 6.70. The Kier molecular flexibility index (Phi) is 5.16. The maximum absolute atomic E-state index is 12.3. The summed E-state index contributed by atoms with van der Waals surface area (Å²) in [7, 11) is -3.67. The third kappa shape index (κ3) is 4.14. The van der Waals surface area contributed by atoms with Crippen LogP contribution in [0.3, 0.4) is 0 Å². The number of thioether (sulfide) groups is 1. The van der Waals surface area contributed by atoms with Crippen molar-refractivity contribution in [2.45, 2.75) is 43.8 Å². The fraction of sp³-hybridized carbons (Fsp3) is 0.500. The second-order valence-corrected chi connectivity index (χ2v) is 8.16. The summed E-state index contributed by atoms with van der Waals surface area (Å²) >= 11 is 1.39. The zero-order valence-electron chi connectivity index (χ0n) is 12.4. The van der Waals surface area contributed by atoms with Crippen LogP contribution in [0.1, 0.15) is 33.6 Å². The lowest BCUT2D eigenvalue weighted by molar-refractivity contribution is 0.308. The SMILES string of the molecule is CCCCOc1ccc2c(c1)S(=O)(=O)N=C(SC(C)C)N2. The van der Waals surface area contributed by atoms with Gasteiger partial charge in [-0.25, -0.2) is 0 Å². The zero-order valence-corrected chi connectivity index (χ0v) is 14.1. The molecular weight excluding hydrogens is 308 g/mol. The molecule has 1 aromatic rings. The van der Waals surface area contributed by atoms with Crippen LogP contribution in [0.15, 0.2) is 27.5 Å². The highest BCUT2D eigenvalue weighted by molar-refractivity contribution is 8.15. The molecule has 0 bridgehead atoms. The Hall–Kier alpha value is -1.21. The molecule has 1 aromatic carbocycles. The predicted octanol–water partition coefficient (Wildman–Crippen LogP) is 3.48. The molecule has 7 heteroatoms. The molecule has 0 radical (unpaired) electrons. The van der Waals surface area contributed by atoms with Crippen molar-refractivity contribution in [1.82, 2.24) is 0 Å². The maximum atomic E-state index is 12.3. The van der Waals surface area contributed by atoms with E-state index in [1.165, 1.54) is 17.8 Å². The molecule has 1 aliphatic heterocycles. The van der Waals surface area contributed by atoms with Gasteiger partial charge in [0.1, 0.15) is 10.6 Å². The number of nitrogens with one attached hydrogen (secondary N) is 1. The molecule has 0 atom stereocenters. The van der Waals surface area contributed by atoms with Gasteiger partial charge < -0.3 is 10.1 Å². The van der Waals surface area contributed by atoms with E-state index in [1.807, 2.05) is 13.8 Å². The summed E-state index contributed by atoms with van der Waals surface area (Å²) in [6, 6.07) is 5.04. The van der Waals surface area contributed by atoms with E-state index < -0.39 is 10.0 Å². The third-order valence-corrected chi connectivity index (χ3v) is 5.11. The fourth-order valence-electron chi connectivity index (χ4n) is 1.81. The van der Waals surface area contributed by atoms with E-state index in [0.717, 1.165) is 12.8 Å². The van der Waals surface area contributed by atoms with E-state index in [9.17, 15) is 8.42 Å². The maximum Gasteiger partial charge on any atom is 0.286 e. The van der Waals surface area contributed by atoms with Gasteiger partial charge in [-0.15, -0.1) is 4.40 Å². The monoisotopic (exact) mass is 328 g/mol. The molecule has 1 N–H and O–H groups in total. The van der Waals surface area contributed by atoms with Gasteiger partial charge in [0.2, 0.25) is 0 Å². The normalized spacial score (nSPS) is 16.1.